The summed E-state index contributed by atoms with van der Waals surface area (Å²) in [7, 11) is 0. The van der Waals surface area contributed by atoms with Crippen LogP contribution in [0.5, 0.6) is 0 Å². The Kier molecular flexibility index (Phi) is 4.26. The van der Waals surface area contributed by atoms with Crippen molar-refractivity contribution in [2.45, 2.75) is 58.5 Å². The predicted octanol–water partition coefficient (Wildman–Crippen LogP) is 2.59. The fourth-order valence-electron chi connectivity index (χ4n) is 3.35. The highest BCUT2D eigenvalue weighted by Crippen LogP contribution is 2.27. The van der Waals surface area contributed by atoms with Crippen molar-refractivity contribution in [2.75, 3.05) is 26.2 Å². The highest BCUT2D eigenvalue weighted by atomic mass is 15.3. The summed E-state index contributed by atoms with van der Waals surface area (Å²) in [5.41, 5.74) is 0. The number of hydrogen-bond acceptors (Lipinski definition) is 2. The van der Waals surface area contributed by atoms with Crippen LogP contribution in [0.2, 0.25) is 0 Å². The van der Waals surface area contributed by atoms with Gasteiger partial charge in [0.05, 0.1) is 0 Å². The smallest absolute Gasteiger partial charge is 0.0113 e. The second-order valence-corrected chi connectivity index (χ2v) is 6.09. The minimum Gasteiger partial charge on any atom is -0.298 e. The molecule has 1 heterocycles. The highest BCUT2D eigenvalue weighted by molar-refractivity contribution is 4.83. The first-order valence-corrected chi connectivity index (χ1v) is 7.15. The van der Waals surface area contributed by atoms with Gasteiger partial charge in [-0.05, 0) is 32.6 Å². The van der Waals surface area contributed by atoms with Crippen LogP contribution in [0, 0.1) is 5.92 Å². The lowest BCUT2D eigenvalue weighted by molar-refractivity contribution is 0.0561. The van der Waals surface area contributed by atoms with Crippen molar-refractivity contribution in [3.63, 3.8) is 0 Å². The van der Waals surface area contributed by atoms with Gasteiger partial charge in [-0.1, -0.05) is 19.8 Å². The van der Waals surface area contributed by atoms with Gasteiger partial charge in [0.2, 0.25) is 0 Å². The van der Waals surface area contributed by atoms with Gasteiger partial charge in [-0.3, -0.25) is 9.80 Å². The lowest BCUT2D eigenvalue weighted by Crippen LogP contribution is -2.52. The first kappa shape index (κ1) is 12.4. The minimum absolute atomic E-state index is 0.729. The van der Waals surface area contributed by atoms with E-state index in [0.717, 1.165) is 18.0 Å². The fraction of sp³-hybridized carbons (Fsp3) is 1.00. The quantitative estimate of drug-likeness (QED) is 0.711. The average Bonchev–Trinajstić information content (AvgIpc) is 2.29. The molecule has 0 N–H and O–H groups in total. The van der Waals surface area contributed by atoms with Gasteiger partial charge in [0.1, 0.15) is 0 Å². The van der Waals surface area contributed by atoms with Gasteiger partial charge in [0, 0.05) is 38.3 Å². The third-order valence-electron chi connectivity index (χ3n) is 4.50. The maximum Gasteiger partial charge on any atom is 0.0113 e. The molecule has 1 aliphatic heterocycles. The van der Waals surface area contributed by atoms with E-state index in [0.29, 0.717) is 0 Å². The molecule has 0 radical (unpaired) electrons. The van der Waals surface area contributed by atoms with Crippen LogP contribution in [0.25, 0.3) is 0 Å². The molecule has 2 aliphatic rings. The predicted molar refractivity (Wildman–Crippen MR) is 69.7 cm³/mol. The Morgan fingerprint density at radius 2 is 1.69 bits per heavy atom. The zero-order valence-electron chi connectivity index (χ0n) is 11.3. The van der Waals surface area contributed by atoms with Crippen LogP contribution in [0.4, 0.5) is 0 Å². The van der Waals surface area contributed by atoms with E-state index < -0.39 is 0 Å². The van der Waals surface area contributed by atoms with Crippen molar-refractivity contribution in [1.82, 2.24) is 9.80 Å². The van der Waals surface area contributed by atoms with Gasteiger partial charge in [-0.25, -0.2) is 0 Å². The van der Waals surface area contributed by atoms with Crippen molar-refractivity contribution < 1.29 is 0 Å². The van der Waals surface area contributed by atoms with Gasteiger partial charge in [-0.15, -0.1) is 0 Å². The van der Waals surface area contributed by atoms with Crippen LogP contribution in [-0.4, -0.2) is 48.1 Å². The second-order valence-electron chi connectivity index (χ2n) is 6.09. The summed E-state index contributed by atoms with van der Waals surface area (Å²) in [6.45, 7) is 12.2. The first-order valence-electron chi connectivity index (χ1n) is 7.15. The molecule has 0 spiro atoms. The highest BCUT2D eigenvalue weighted by Gasteiger charge is 2.27. The largest absolute Gasteiger partial charge is 0.298 e. The second kappa shape index (κ2) is 5.50. The Bertz CT molecular complexity index is 207. The van der Waals surface area contributed by atoms with E-state index in [1.54, 1.807) is 0 Å². The summed E-state index contributed by atoms with van der Waals surface area (Å²) in [4.78, 5) is 5.37. The molecule has 2 nitrogen and oxygen atoms in total. The zero-order chi connectivity index (χ0) is 11.5. The van der Waals surface area contributed by atoms with Crippen molar-refractivity contribution in [3.8, 4) is 0 Å². The Balaban J connectivity index is 1.79. The molecule has 0 bridgehead atoms. The first-order chi connectivity index (χ1) is 7.66. The van der Waals surface area contributed by atoms with E-state index in [1.807, 2.05) is 0 Å². The average molecular weight is 224 g/mol. The Labute approximate surface area is 101 Å². The molecule has 1 saturated heterocycles. The molecule has 2 fully saturated rings. The van der Waals surface area contributed by atoms with Gasteiger partial charge < -0.3 is 0 Å². The van der Waals surface area contributed by atoms with Gasteiger partial charge in [-0.2, -0.15) is 0 Å². The summed E-state index contributed by atoms with van der Waals surface area (Å²) in [6, 6.07) is 1.63. The Morgan fingerprint density at radius 1 is 1.00 bits per heavy atom. The number of piperazine rings is 1. The molecular weight excluding hydrogens is 196 g/mol. The minimum atomic E-state index is 0.729. The Hall–Kier alpha value is -0.0800. The van der Waals surface area contributed by atoms with Crippen molar-refractivity contribution >= 4 is 0 Å². The summed E-state index contributed by atoms with van der Waals surface area (Å²) < 4.78 is 0. The number of nitrogens with zero attached hydrogens (tertiary/aromatic N) is 2. The van der Waals surface area contributed by atoms with Gasteiger partial charge >= 0.3 is 0 Å². The molecule has 0 aromatic rings. The van der Waals surface area contributed by atoms with Crippen LogP contribution in [0.15, 0.2) is 0 Å². The van der Waals surface area contributed by atoms with E-state index in [9.17, 15) is 0 Å². The van der Waals surface area contributed by atoms with Crippen molar-refractivity contribution in [2.24, 2.45) is 5.92 Å². The molecule has 0 aromatic heterocycles. The molecule has 2 heteroatoms. The molecule has 1 aliphatic carbocycles. The third kappa shape index (κ3) is 2.98. The molecule has 0 unspecified atom stereocenters. The normalized spacial score (nSPS) is 34.5. The van der Waals surface area contributed by atoms with Crippen LogP contribution in [0.1, 0.15) is 46.5 Å². The van der Waals surface area contributed by atoms with Crippen LogP contribution >= 0.6 is 0 Å². The molecule has 94 valence electrons. The number of rotatable bonds is 2. The van der Waals surface area contributed by atoms with Gasteiger partial charge in [0.25, 0.3) is 0 Å². The van der Waals surface area contributed by atoms with E-state index in [2.05, 4.69) is 30.6 Å². The van der Waals surface area contributed by atoms with Crippen LogP contribution in [-0.2, 0) is 0 Å². The molecule has 0 amide bonds. The summed E-state index contributed by atoms with van der Waals surface area (Å²) >= 11 is 0. The summed E-state index contributed by atoms with van der Waals surface area (Å²) in [5.74, 6) is 0.960. The maximum absolute atomic E-state index is 2.76. The Morgan fingerprint density at radius 3 is 2.25 bits per heavy atom. The molecule has 2 atom stereocenters. The third-order valence-corrected chi connectivity index (χ3v) is 4.50. The topological polar surface area (TPSA) is 6.48 Å². The fourth-order valence-corrected chi connectivity index (χ4v) is 3.35. The van der Waals surface area contributed by atoms with Gasteiger partial charge in [0.15, 0.2) is 0 Å². The monoisotopic (exact) mass is 224 g/mol. The molecule has 0 aromatic carbocycles. The molecule has 16 heavy (non-hydrogen) atoms. The standard InChI is InChI=1S/C14H28N2/c1-12(2)15-7-9-16(10-8-15)14-6-4-5-13(3)11-14/h12-14H,4-11H2,1-3H3/t13-,14+/m1/s1. The molecule has 2 rings (SSSR count). The van der Waals surface area contributed by atoms with E-state index in [4.69, 9.17) is 0 Å². The zero-order valence-corrected chi connectivity index (χ0v) is 11.3. The lowest BCUT2D eigenvalue weighted by atomic mass is 9.86. The SMILES string of the molecule is CC(C)N1CCN([C@H]2CCC[C@@H](C)C2)CC1. The number of hydrogen-bond donors (Lipinski definition) is 0. The van der Waals surface area contributed by atoms with E-state index in [1.165, 1.54) is 51.9 Å². The molecular formula is C14H28N2. The maximum atomic E-state index is 2.76. The van der Waals surface area contributed by atoms with Crippen molar-refractivity contribution in [1.29, 1.82) is 0 Å². The van der Waals surface area contributed by atoms with Crippen LogP contribution < -0.4 is 0 Å². The summed E-state index contributed by atoms with van der Waals surface area (Å²) in [5, 5.41) is 0. The van der Waals surface area contributed by atoms with Crippen LogP contribution in [0.3, 0.4) is 0 Å². The summed E-state index contributed by atoms with van der Waals surface area (Å²) in [6.07, 6.45) is 5.81. The molecule has 1 saturated carbocycles. The van der Waals surface area contributed by atoms with E-state index >= 15 is 0 Å². The van der Waals surface area contributed by atoms with Crippen molar-refractivity contribution in [3.05, 3.63) is 0 Å². The lowest BCUT2D eigenvalue weighted by Gasteiger charge is -2.43. The van der Waals surface area contributed by atoms with E-state index in [-0.39, 0.29) is 0 Å².